The van der Waals surface area contributed by atoms with Gasteiger partial charge in [-0.25, -0.2) is 0 Å². The molecule has 1 aliphatic heterocycles. The number of likely N-dealkylation sites (N-methyl/N-ethyl adjacent to an activating group) is 2. The molecular weight excluding hydrogens is 1810 g/mol. The predicted octanol–water partition coefficient (Wildman–Crippen LogP) is -2.65. The van der Waals surface area contributed by atoms with Gasteiger partial charge >= 0.3 is 5.97 Å². The van der Waals surface area contributed by atoms with E-state index in [0.717, 1.165) is 20.9 Å². The molecule has 1 aliphatic rings. The topological polar surface area (TPSA) is 687 Å². The van der Waals surface area contributed by atoms with Crippen LogP contribution < -0.4 is 97.4 Å². The number of phenols is 1. The number of H-pyrrole nitrogens is 1. The number of guanidine groups is 1. The predicted molar refractivity (Wildman–Crippen MR) is 511 cm³/mol. The maximum absolute atomic E-state index is 15.6. The monoisotopic (exact) mass is 1930 g/mol. The number of rotatable bonds is 28. The zero-order valence-corrected chi connectivity index (χ0v) is 79.2. The van der Waals surface area contributed by atoms with E-state index in [0.29, 0.717) is 39.4 Å². The van der Waals surface area contributed by atoms with Gasteiger partial charge in [-0.05, 0) is 115 Å². The van der Waals surface area contributed by atoms with Crippen LogP contribution >= 0.6 is 11.8 Å². The van der Waals surface area contributed by atoms with E-state index in [1.54, 1.807) is 107 Å². The third-order valence-electron chi connectivity index (χ3n) is 22.8. The number of aliphatic carboxylic acids is 1. The number of nitrogens with one attached hydrogen (secondary N) is 16. The van der Waals surface area contributed by atoms with E-state index in [2.05, 4.69) is 79.4 Å². The van der Waals surface area contributed by atoms with E-state index in [9.17, 15) is 63.3 Å². The molecule has 0 aliphatic carbocycles. The summed E-state index contributed by atoms with van der Waals surface area (Å²) in [6.45, 7) is 8.79. The molecule has 14 atom stereocenters. The summed E-state index contributed by atoms with van der Waals surface area (Å²) < 4.78 is 0. The second-order valence-corrected chi connectivity index (χ2v) is 35.8. The highest BCUT2D eigenvalue weighted by atomic mass is 32.2. The van der Waals surface area contributed by atoms with E-state index < -0.39 is 266 Å². The Balaban J connectivity index is 1.34. The van der Waals surface area contributed by atoms with Crippen LogP contribution in [0.1, 0.15) is 116 Å². The number of hydrogen-bond donors (Lipinski definition) is 23. The summed E-state index contributed by atoms with van der Waals surface area (Å²) in [5, 5.41) is 75.7. The maximum atomic E-state index is 15.6. The summed E-state index contributed by atoms with van der Waals surface area (Å²) in [6.07, 6.45) is -2.68. The van der Waals surface area contributed by atoms with Gasteiger partial charge in [-0.15, -0.1) is 11.8 Å². The van der Waals surface area contributed by atoms with Gasteiger partial charge in [0.1, 0.15) is 90.3 Å². The quantitative estimate of drug-likeness (QED) is 0.0136. The van der Waals surface area contributed by atoms with Crippen LogP contribution in [0.25, 0.3) is 22.0 Å². The van der Waals surface area contributed by atoms with Crippen LogP contribution in [0.2, 0.25) is 0 Å². The second-order valence-electron chi connectivity index (χ2n) is 34.8. The molecule has 43 nitrogen and oxygen atoms in total. The Morgan fingerprint density at radius 1 is 0.486 bits per heavy atom. The third-order valence-corrected chi connectivity index (χ3v) is 23.9. The third kappa shape index (κ3) is 34.7. The Hall–Kier alpha value is -14.6. The summed E-state index contributed by atoms with van der Waals surface area (Å²) in [4.78, 5) is 266. The number of aromatic hydroxyl groups is 1. The number of nitrogens with two attached hydrogens (primary N) is 4. The average Bonchev–Trinajstić information content (AvgIpc) is 1.51. The van der Waals surface area contributed by atoms with Crippen molar-refractivity contribution in [2.45, 2.75) is 204 Å². The molecule has 0 unspecified atom stereocenters. The van der Waals surface area contributed by atoms with Gasteiger partial charge in [-0.2, -0.15) is 0 Å². The number of hydrogen-bond acceptors (Lipinski definition) is 23. The number of aromatic amines is 1. The van der Waals surface area contributed by atoms with Gasteiger partial charge in [0, 0.05) is 75.6 Å². The van der Waals surface area contributed by atoms with Crippen LogP contribution in [-0.4, -0.2) is 279 Å². The number of primary amides is 2. The lowest BCUT2D eigenvalue weighted by atomic mass is 9.98. The number of benzene rings is 5. The number of aliphatic hydroxyl groups excluding tert-OH is 1. The normalized spacial score (nSPS) is 22.9. The Morgan fingerprint density at radius 2 is 0.957 bits per heavy atom. The molecule has 138 heavy (non-hydrogen) atoms. The standard InChI is InChI=1S/C94H128N22O21S/c1-50(2)39-66-86(130)113-79(52(5)6)91(135)111-71(47-117)88(132)112-72(80(124)102-46-75(97)120)48-138-49-76(121)103-63(34-35-74(96)119)81(125)107-67(41-56-28-32-60(118)33-29-56)84(128)109-70(44-77(122)123)85(129)108-69(43-59-45-101-62-24-17-16-23-61(59)62)87(131)114-78(51(3)4)90(134)110-68(40-55-26-30-58(31-27-55)57-21-14-11-15-22-57)83(127)105-65(25-18-38-100-94(98)99)93(137)115(8)53(7)92(136)116(9)73(42-54-19-12-10-13-20-54)89(133)104-64(36-37-95)82(126)106-66/h10-17,19-24,26-33,45,50-53,63-73,78-79,101,117-118H,18,25,34-44,46-49,95H2,1-9H3,(H2,96,119)(H2,97,120)(H,102,124)(H,103,121)(H,104,133)(H,105,127)(H,106,126)(H,107,125)(H,108,129)(H,109,128)(H,110,134)(H,111,135)(H,112,132)(H,113,130)(H,114,131)(H,122,123)(H4,98,99,100)/t53-,63-,64-,65-,66-,67-,68-,69-,70-,71-,72-,73-,78-,79-/m0/s1. The zero-order chi connectivity index (χ0) is 102. The highest BCUT2D eigenvalue weighted by Crippen LogP contribution is 2.25. The van der Waals surface area contributed by atoms with Gasteiger partial charge in [0.15, 0.2) is 5.96 Å². The fourth-order valence-electron chi connectivity index (χ4n) is 15.1. The second kappa shape index (κ2) is 54.3. The van der Waals surface area contributed by atoms with E-state index in [1.807, 2.05) is 30.3 Å². The highest BCUT2D eigenvalue weighted by Gasteiger charge is 2.42. The largest absolute Gasteiger partial charge is 0.508 e. The molecule has 7 rings (SSSR count). The summed E-state index contributed by atoms with van der Waals surface area (Å²) in [6, 6.07) is 13.3. The minimum absolute atomic E-state index is 0.0179. The van der Waals surface area contributed by atoms with E-state index >= 15 is 38.4 Å². The van der Waals surface area contributed by atoms with E-state index in [4.69, 9.17) is 28.3 Å². The SMILES string of the molecule is CC(C)C[C@@H]1NC(=O)[C@H](CCN)NC(=O)[C@H](Cc2ccccc2)N(C)C(=O)[C@H](C)N(C)C(=O)[C@H](CCCNC(=N)N)NC(=O)[C@H](Cc2ccc(-c3ccccc3)cc2)NC(=O)[C@H](C(C)C)NC(=O)[C@H](Cc2c[nH]c3ccccc23)NC(=O)[C@H](CC(=O)O)NC(=O)[C@H](Cc2ccc(O)cc2)NC(=O)[C@H](CCC(N)=O)NC(=O)CSC[C@@H](C(=O)NCC(N)=O)NC(=O)[C@H](CO)NC(=O)[C@H](C(C)C)NC1=O. The van der Waals surface area contributed by atoms with E-state index in [1.165, 1.54) is 65.3 Å². The molecule has 1 saturated heterocycles. The number of phenolic OH excluding ortho intramolecular Hbond substituents is 1. The number of para-hydroxylation sites is 1. The van der Waals surface area contributed by atoms with Gasteiger partial charge in [0.25, 0.3) is 0 Å². The minimum atomic E-state index is -2.12. The van der Waals surface area contributed by atoms with Gasteiger partial charge < -0.3 is 127 Å². The summed E-state index contributed by atoms with van der Waals surface area (Å²) >= 11 is 0.638. The Bertz CT molecular complexity index is 5260. The Morgan fingerprint density at radius 3 is 1.51 bits per heavy atom. The van der Waals surface area contributed by atoms with Crippen molar-refractivity contribution in [3.63, 3.8) is 0 Å². The molecule has 1 fully saturated rings. The highest BCUT2D eigenvalue weighted by molar-refractivity contribution is 8.00. The number of carboxylic acid groups (broad SMARTS) is 1. The van der Waals surface area contributed by atoms with Crippen LogP contribution in [0.4, 0.5) is 0 Å². The number of aromatic nitrogens is 1. The van der Waals surface area contributed by atoms with Crippen molar-refractivity contribution in [2.24, 2.45) is 40.7 Å². The lowest BCUT2D eigenvalue weighted by molar-refractivity contribution is -0.148. The van der Waals surface area contributed by atoms with Crippen LogP contribution in [0.3, 0.4) is 0 Å². The van der Waals surface area contributed by atoms with Crippen molar-refractivity contribution in [1.82, 2.24) is 89.2 Å². The number of amides is 17. The number of carboxylic acids is 1. The van der Waals surface area contributed by atoms with Crippen LogP contribution in [-0.2, 0) is 112 Å². The smallest absolute Gasteiger partial charge is 0.305 e. The van der Waals surface area contributed by atoms with Gasteiger partial charge in [-0.1, -0.05) is 157 Å². The molecule has 0 bridgehead atoms. The first-order valence-corrected chi connectivity index (χ1v) is 46.3. The van der Waals surface area contributed by atoms with Crippen molar-refractivity contribution in [1.29, 1.82) is 5.41 Å². The lowest BCUT2D eigenvalue weighted by Crippen LogP contribution is -2.62. The molecule has 0 saturated carbocycles. The number of aliphatic hydroxyl groups is 1. The zero-order valence-electron chi connectivity index (χ0n) is 78.4. The first-order chi connectivity index (χ1) is 65.4. The summed E-state index contributed by atoms with van der Waals surface area (Å²) in [7, 11) is 2.57. The lowest BCUT2D eigenvalue weighted by Gasteiger charge is -2.35. The molecule has 17 amide bonds. The molecule has 5 aromatic carbocycles. The van der Waals surface area contributed by atoms with Gasteiger partial charge in [0.05, 0.1) is 25.3 Å². The van der Waals surface area contributed by atoms with Gasteiger partial charge in [-0.3, -0.25) is 91.7 Å². The number of nitrogens with zero attached hydrogens (tertiary/aromatic N) is 2. The molecule has 0 spiro atoms. The molecule has 44 heteroatoms. The minimum Gasteiger partial charge on any atom is -0.508 e. The Kier molecular flexibility index (Phi) is 43.4. The van der Waals surface area contributed by atoms with Crippen molar-refractivity contribution in [3.8, 4) is 16.9 Å². The summed E-state index contributed by atoms with van der Waals surface area (Å²) in [5.41, 5.74) is 26.5. The molecule has 0 radical (unpaired) electrons. The molecule has 2 heterocycles. The van der Waals surface area contributed by atoms with Crippen molar-refractivity contribution in [2.75, 3.05) is 51.8 Å². The van der Waals surface area contributed by atoms with Crippen LogP contribution in [0.15, 0.2) is 140 Å². The fourth-order valence-corrected chi connectivity index (χ4v) is 15.9. The van der Waals surface area contributed by atoms with Crippen LogP contribution in [0.5, 0.6) is 5.75 Å². The molecule has 746 valence electrons. The first-order valence-electron chi connectivity index (χ1n) is 45.2. The van der Waals surface area contributed by atoms with Crippen molar-refractivity contribution < 1.29 is 102 Å². The van der Waals surface area contributed by atoms with E-state index in [-0.39, 0.29) is 68.8 Å². The summed E-state index contributed by atoms with van der Waals surface area (Å²) in [5.74, 6) is -23.2. The number of carbonyl (C=O) groups is 18. The maximum Gasteiger partial charge on any atom is 0.305 e. The molecule has 1 aromatic heterocycles. The molecule has 6 aromatic rings. The van der Waals surface area contributed by atoms with Crippen molar-refractivity contribution in [3.05, 3.63) is 162 Å². The fraction of sp³-hybridized carbons (Fsp3) is 0.457. The van der Waals surface area contributed by atoms with Gasteiger partial charge in [0.2, 0.25) is 100 Å². The number of carbonyl (C=O) groups excluding carboxylic acids is 17. The molecule has 27 N–H and O–H groups in total. The van der Waals surface area contributed by atoms with Crippen LogP contribution in [0, 0.1) is 23.2 Å². The number of fused-ring (bicyclic) bond motifs is 1. The Labute approximate surface area is 802 Å². The average molecular weight is 1930 g/mol. The van der Waals surface area contributed by atoms with Crippen molar-refractivity contribution >= 4 is 135 Å². The number of thioether (sulfide) groups is 1. The first kappa shape index (κ1) is 110. The molecular formula is C94H128N22O21S.